The van der Waals surface area contributed by atoms with E-state index in [1.807, 2.05) is 12.3 Å². The molecule has 0 saturated heterocycles. The van der Waals surface area contributed by atoms with E-state index in [-0.39, 0.29) is 11.6 Å². The van der Waals surface area contributed by atoms with Crippen molar-refractivity contribution < 1.29 is 9.45 Å². The average molecular weight is 389 g/mol. The van der Waals surface area contributed by atoms with Gasteiger partial charge in [-0.3, -0.25) is 10.1 Å². The fourth-order valence-corrected chi connectivity index (χ4v) is 4.56. The molecule has 134 valence electrons. The zero-order valence-electron chi connectivity index (χ0n) is 13.8. The number of nitrogens with zero attached hydrogens (tertiary/aromatic N) is 4. The van der Waals surface area contributed by atoms with Crippen molar-refractivity contribution in [3.05, 3.63) is 45.2 Å². The second kappa shape index (κ2) is 6.45. The van der Waals surface area contributed by atoms with Crippen LogP contribution in [0.15, 0.2) is 37.3 Å². The van der Waals surface area contributed by atoms with Crippen molar-refractivity contribution in [2.75, 3.05) is 0 Å². The molecule has 1 aromatic carbocycles. The summed E-state index contributed by atoms with van der Waals surface area (Å²) in [4.78, 5) is 20.3. The van der Waals surface area contributed by atoms with Gasteiger partial charge in [-0.25, -0.2) is 4.98 Å². The Bertz CT molecular complexity index is 980. The van der Waals surface area contributed by atoms with Gasteiger partial charge in [-0.1, -0.05) is 16.9 Å². The van der Waals surface area contributed by atoms with Gasteiger partial charge in [0.1, 0.15) is 0 Å². The molecule has 0 unspecified atom stereocenters. The van der Waals surface area contributed by atoms with Crippen molar-refractivity contribution in [1.29, 1.82) is 0 Å². The molecule has 3 aromatic rings. The van der Waals surface area contributed by atoms with Crippen LogP contribution in [0.2, 0.25) is 0 Å². The van der Waals surface area contributed by atoms with Crippen molar-refractivity contribution in [3.63, 3.8) is 0 Å². The molecule has 2 N–H and O–H groups in total. The second-order valence-electron chi connectivity index (χ2n) is 6.23. The number of nitro groups is 1. The fourth-order valence-electron chi connectivity index (χ4n) is 2.68. The SMILES string of the molecule is Cc1csc(Sc2ccc(-c3nc(C4(N)CCC4)no3)cc2[N+](=O)[O-])n1. The van der Waals surface area contributed by atoms with Gasteiger partial charge in [0, 0.05) is 22.7 Å². The van der Waals surface area contributed by atoms with Crippen LogP contribution in [0.3, 0.4) is 0 Å². The molecular weight excluding hydrogens is 374 g/mol. The summed E-state index contributed by atoms with van der Waals surface area (Å²) >= 11 is 2.72. The number of aryl methyl sites for hydroxylation is 1. The molecule has 0 atom stereocenters. The Balaban J connectivity index is 1.65. The van der Waals surface area contributed by atoms with Crippen LogP contribution in [0, 0.1) is 17.0 Å². The van der Waals surface area contributed by atoms with Gasteiger partial charge in [-0.05, 0) is 38.3 Å². The summed E-state index contributed by atoms with van der Waals surface area (Å²) in [5.41, 5.74) is 7.03. The highest BCUT2D eigenvalue weighted by molar-refractivity contribution is 8.01. The van der Waals surface area contributed by atoms with Crippen LogP contribution >= 0.6 is 23.1 Å². The summed E-state index contributed by atoms with van der Waals surface area (Å²) < 4.78 is 6.05. The molecular formula is C16H15N5O3S2. The predicted octanol–water partition coefficient (Wildman–Crippen LogP) is 3.90. The lowest BCUT2D eigenvalue weighted by Gasteiger charge is -2.34. The predicted molar refractivity (Wildman–Crippen MR) is 97.1 cm³/mol. The third-order valence-electron chi connectivity index (χ3n) is 4.31. The van der Waals surface area contributed by atoms with Crippen LogP contribution in [0.4, 0.5) is 5.69 Å². The Kier molecular flexibility index (Phi) is 4.25. The van der Waals surface area contributed by atoms with E-state index in [2.05, 4.69) is 15.1 Å². The van der Waals surface area contributed by atoms with Crippen molar-refractivity contribution in [2.45, 2.75) is 41.0 Å². The Morgan fingerprint density at radius 3 is 2.81 bits per heavy atom. The first-order valence-electron chi connectivity index (χ1n) is 7.96. The summed E-state index contributed by atoms with van der Waals surface area (Å²) in [6, 6.07) is 4.86. The summed E-state index contributed by atoms with van der Waals surface area (Å²) in [5, 5.41) is 17.4. The molecule has 2 heterocycles. The normalized spacial score (nSPS) is 15.6. The standard InChI is InChI=1S/C16H15N5O3S2/c1-9-8-25-15(18-9)26-12-4-3-10(7-11(12)21(22)23)13-19-14(20-24-13)16(17)5-2-6-16/h3-4,7-8H,2,5-6,17H2,1H3. The smallest absolute Gasteiger partial charge is 0.284 e. The van der Waals surface area contributed by atoms with Crippen molar-refractivity contribution in [1.82, 2.24) is 15.1 Å². The summed E-state index contributed by atoms with van der Waals surface area (Å²) in [5.74, 6) is 0.694. The molecule has 2 aromatic heterocycles. The molecule has 1 saturated carbocycles. The molecule has 1 aliphatic carbocycles. The van der Waals surface area contributed by atoms with Crippen molar-refractivity contribution >= 4 is 28.8 Å². The number of aromatic nitrogens is 3. The minimum atomic E-state index is -0.536. The van der Waals surface area contributed by atoms with E-state index in [1.165, 1.54) is 29.2 Å². The number of benzene rings is 1. The van der Waals surface area contributed by atoms with Crippen molar-refractivity contribution in [3.8, 4) is 11.5 Å². The highest BCUT2D eigenvalue weighted by Crippen LogP contribution is 2.40. The topological polar surface area (TPSA) is 121 Å². The maximum absolute atomic E-state index is 11.5. The number of hydrogen-bond acceptors (Lipinski definition) is 9. The molecule has 0 spiro atoms. The van der Waals surface area contributed by atoms with Crippen LogP contribution in [0.25, 0.3) is 11.5 Å². The molecule has 4 rings (SSSR count). The zero-order chi connectivity index (χ0) is 18.3. The maximum Gasteiger partial charge on any atom is 0.284 e. The van der Waals surface area contributed by atoms with Gasteiger partial charge >= 0.3 is 0 Å². The van der Waals surface area contributed by atoms with E-state index in [0.29, 0.717) is 16.3 Å². The monoisotopic (exact) mass is 389 g/mol. The first-order valence-corrected chi connectivity index (χ1v) is 9.66. The van der Waals surface area contributed by atoms with Gasteiger partial charge in [0.2, 0.25) is 0 Å². The van der Waals surface area contributed by atoms with E-state index in [0.717, 1.165) is 29.3 Å². The van der Waals surface area contributed by atoms with Crippen LogP contribution in [0.1, 0.15) is 30.8 Å². The number of thiazole rings is 1. The van der Waals surface area contributed by atoms with Crippen LogP contribution in [-0.4, -0.2) is 20.0 Å². The van der Waals surface area contributed by atoms with Gasteiger partial charge in [0.15, 0.2) is 10.2 Å². The average Bonchev–Trinajstić information content (AvgIpc) is 3.22. The Labute approximate surface area is 157 Å². The highest BCUT2D eigenvalue weighted by Gasteiger charge is 2.39. The van der Waals surface area contributed by atoms with Gasteiger partial charge in [0.25, 0.3) is 11.6 Å². The van der Waals surface area contributed by atoms with Gasteiger partial charge < -0.3 is 10.3 Å². The van der Waals surface area contributed by atoms with Gasteiger partial charge in [-0.15, -0.1) is 11.3 Å². The lowest BCUT2D eigenvalue weighted by atomic mass is 9.77. The molecule has 8 nitrogen and oxygen atoms in total. The first kappa shape index (κ1) is 17.1. The van der Waals surface area contributed by atoms with Gasteiger partial charge in [-0.2, -0.15) is 4.98 Å². The van der Waals surface area contributed by atoms with E-state index in [4.69, 9.17) is 10.3 Å². The van der Waals surface area contributed by atoms with E-state index in [9.17, 15) is 10.1 Å². The third kappa shape index (κ3) is 3.11. The molecule has 0 aliphatic heterocycles. The summed E-state index contributed by atoms with van der Waals surface area (Å²) in [6.07, 6.45) is 2.66. The number of hydrogen-bond donors (Lipinski definition) is 1. The summed E-state index contributed by atoms with van der Waals surface area (Å²) in [7, 11) is 0. The number of nitrogens with two attached hydrogens (primary N) is 1. The Morgan fingerprint density at radius 1 is 1.38 bits per heavy atom. The molecule has 0 amide bonds. The largest absolute Gasteiger partial charge is 0.334 e. The Morgan fingerprint density at radius 2 is 2.19 bits per heavy atom. The minimum absolute atomic E-state index is 0.0220. The first-order chi connectivity index (χ1) is 12.4. The molecule has 1 aliphatic rings. The van der Waals surface area contributed by atoms with Crippen molar-refractivity contribution in [2.24, 2.45) is 5.73 Å². The molecule has 1 fully saturated rings. The fraction of sp³-hybridized carbons (Fsp3) is 0.312. The second-order valence-corrected chi connectivity index (χ2v) is 8.38. The molecule has 0 bridgehead atoms. The van der Waals surface area contributed by atoms with Crippen LogP contribution in [-0.2, 0) is 5.54 Å². The zero-order valence-corrected chi connectivity index (χ0v) is 15.5. The summed E-state index contributed by atoms with van der Waals surface area (Å²) in [6.45, 7) is 1.89. The van der Waals surface area contributed by atoms with E-state index in [1.54, 1.807) is 12.1 Å². The van der Waals surface area contributed by atoms with Gasteiger partial charge in [0.05, 0.1) is 15.4 Å². The molecule has 10 heteroatoms. The van der Waals surface area contributed by atoms with Crippen LogP contribution < -0.4 is 5.73 Å². The van der Waals surface area contributed by atoms with Crippen LogP contribution in [0.5, 0.6) is 0 Å². The highest BCUT2D eigenvalue weighted by atomic mass is 32.2. The lowest BCUT2D eigenvalue weighted by molar-refractivity contribution is -0.387. The molecule has 0 radical (unpaired) electrons. The third-order valence-corrected chi connectivity index (χ3v) is 6.44. The van der Waals surface area contributed by atoms with E-state index >= 15 is 0 Å². The van der Waals surface area contributed by atoms with E-state index < -0.39 is 10.5 Å². The quantitative estimate of drug-likeness (QED) is 0.515. The Hall–Kier alpha value is -2.30. The number of rotatable bonds is 5. The minimum Gasteiger partial charge on any atom is -0.334 e. The maximum atomic E-state index is 11.5. The molecule has 26 heavy (non-hydrogen) atoms. The number of nitro benzene ring substituents is 1. The lowest BCUT2D eigenvalue weighted by Crippen LogP contribution is -2.44.